The van der Waals surface area contributed by atoms with Crippen molar-refractivity contribution in [3.05, 3.63) is 70.1 Å². The molecule has 1 atom stereocenters. The summed E-state index contributed by atoms with van der Waals surface area (Å²) in [5.74, 6) is -0.303. The number of nitrogens with one attached hydrogen (secondary N) is 1. The second-order valence-electron chi connectivity index (χ2n) is 5.39. The Hall–Kier alpha value is -2.14. The average Bonchev–Trinajstić information content (AvgIpc) is 2.91. The first kappa shape index (κ1) is 15.7. The minimum absolute atomic E-state index is 0.272. The molecule has 0 spiro atoms. The maximum Gasteiger partial charge on any atom is 0.293 e. The third-order valence-corrected chi connectivity index (χ3v) is 4.37. The highest BCUT2D eigenvalue weighted by Crippen LogP contribution is 2.27. The standard InChI is InChI=1S/C18H15BrFNO2/c19-17-7-13(20)8-18-16(17)10-14(21-18)9-15(23-11-22)6-12-4-2-1-3-5-12/h1-5,7-8,10-11,15,21H,6,9H2. The highest BCUT2D eigenvalue weighted by atomic mass is 79.9. The van der Waals surface area contributed by atoms with Crippen LogP contribution in [0.1, 0.15) is 11.3 Å². The highest BCUT2D eigenvalue weighted by molar-refractivity contribution is 9.10. The van der Waals surface area contributed by atoms with Crippen molar-refractivity contribution in [1.29, 1.82) is 0 Å². The molecule has 0 radical (unpaired) electrons. The van der Waals surface area contributed by atoms with Crippen LogP contribution in [0.3, 0.4) is 0 Å². The highest BCUT2D eigenvalue weighted by Gasteiger charge is 2.14. The van der Waals surface area contributed by atoms with Crippen LogP contribution in [0.2, 0.25) is 0 Å². The van der Waals surface area contributed by atoms with E-state index in [9.17, 15) is 9.18 Å². The fourth-order valence-corrected chi connectivity index (χ4v) is 3.24. The van der Waals surface area contributed by atoms with E-state index >= 15 is 0 Å². The Morgan fingerprint density at radius 2 is 1.96 bits per heavy atom. The lowest BCUT2D eigenvalue weighted by Gasteiger charge is -2.14. The summed E-state index contributed by atoms with van der Waals surface area (Å²) in [7, 11) is 0. The van der Waals surface area contributed by atoms with Crippen LogP contribution in [0, 0.1) is 5.82 Å². The molecule has 3 nitrogen and oxygen atoms in total. The van der Waals surface area contributed by atoms with Crippen molar-refractivity contribution in [3.8, 4) is 0 Å². The van der Waals surface area contributed by atoms with Crippen molar-refractivity contribution in [1.82, 2.24) is 4.98 Å². The number of aromatic nitrogens is 1. The van der Waals surface area contributed by atoms with Crippen molar-refractivity contribution >= 4 is 33.3 Å². The quantitative estimate of drug-likeness (QED) is 0.648. The molecule has 0 bridgehead atoms. The number of benzene rings is 2. The van der Waals surface area contributed by atoms with Crippen LogP contribution in [0.5, 0.6) is 0 Å². The maximum absolute atomic E-state index is 13.5. The summed E-state index contributed by atoms with van der Waals surface area (Å²) in [5.41, 5.74) is 2.72. The molecule has 23 heavy (non-hydrogen) atoms. The molecule has 3 aromatic rings. The van der Waals surface area contributed by atoms with Gasteiger partial charge in [-0.05, 0) is 39.7 Å². The van der Waals surface area contributed by atoms with Gasteiger partial charge in [-0.25, -0.2) is 4.39 Å². The number of hydrogen-bond acceptors (Lipinski definition) is 2. The van der Waals surface area contributed by atoms with Crippen molar-refractivity contribution in [2.24, 2.45) is 0 Å². The predicted octanol–water partition coefficient (Wildman–Crippen LogP) is 4.40. The molecule has 1 aromatic heterocycles. The number of carbonyl (C=O) groups is 1. The smallest absolute Gasteiger partial charge is 0.293 e. The summed E-state index contributed by atoms with van der Waals surface area (Å²) < 4.78 is 19.4. The number of aromatic amines is 1. The fourth-order valence-electron chi connectivity index (χ4n) is 2.70. The SMILES string of the molecule is O=COC(Cc1ccccc1)Cc1cc2c(Br)cc(F)cc2[nH]1. The van der Waals surface area contributed by atoms with Crippen LogP contribution in [0.4, 0.5) is 4.39 Å². The average molecular weight is 376 g/mol. The van der Waals surface area contributed by atoms with Gasteiger partial charge in [0.05, 0.1) is 0 Å². The molecular weight excluding hydrogens is 361 g/mol. The minimum Gasteiger partial charge on any atom is -0.464 e. The van der Waals surface area contributed by atoms with Crippen molar-refractivity contribution < 1.29 is 13.9 Å². The zero-order chi connectivity index (χ0) is 16.2. The monoisotopic (exact) mass is 375 g/mol. The molecule has 0 saturated carbocycles. The fraction of sp³-hybridized carbons (Fsp3) is 0.167. The number of rotatable bonds is 6. The van der Waals surface area contributed by atoms with Crippen LogP contribution in [-0.4, -0.2) is 17.6 Å². The molecule has 118 valence electrons. The van der Waals surface area contributed by atoms with Crippen LogP contribution < -0.4 is 0 Å². The number of carbonyl (C=O) groups excluding carboxylic acids is 1. The summed E-state index contributed by atoms with van der Waals surface area (Å²) in [6.07, 6.45) is 0.896. The minimum atomic E-state index is -0.303. The van der Waals surface area contributed by atoms with Crippen LogP contribution in [-0.2, 0) is 22.4 Å². The molecule has 1 unspecified atom stereocenters. The summed E-state index contributed by atoms with van der Waals surface area (Å²) >= 11 is 3.36. The normalized spacial score (nSPS) is 12.3. The second-order valence-corrected chi connectivity index (χ2v) is 6.25. The number of H-pyrrole nitrogens is 1. The van der Waals surface area contributed by atoms with E-state index in [-0.39, 0.29) is 11.9 Å². The lowest BCUT2D eigenvalue weighted by atomic mass is 10.0. The van der Waals surface area contributed by atoms with E-state index in [1.54, 1.807) is 0 Å². The van der Waals surface area contributed by atoms with Gasteiger partial charge in [-0.2, -0.15) is 0 Å². The van der Waals surface area contributed by atoms with E-state index < -0.39 is 0 Å². The number of fused-ring (bicyclic) bond motifs is 1. The topological polar surface area (TPSA) is 42.1 Å². The molecule has 1 N–H and O–H groups in total. The third-order valence-electron chi connectivity index (χ3n) is 3.71. The van der Waals surface area contributed by atoms with Gasteiger partial charge in [-0.3, -0.25) is 4.79 Å². The van der Waals surface area contributed by atoms with Crippen LogP contribution >= 0.6 is 15.9 Å². The molecular formula is C18H15BrFNO2. The van der Waals surface area contributed by atoms with Gasteiger partial charge in [-0.15, -0.1) is 0 Å². The van der Waals surface area contributed by atoms with Crippen LogP contribution in [0.25, 0.3) is 10.9 Å². The molecule has 1 heterocycles. The van der Waals surface area contributed by atoms with E-state index in [2.05, 4.69) is 20.9 Å². The van der Waals surface area contributed by atoms with E-state index in [4.69, 9.17) is 4.74 Å². The van der Waals surface area contributed by atoms with Crippen molar-refractivity contribution in [2.75, 3.05) is 0 Å². The second kappa shape index (κ2) is 6.96. The molecule has 5 heteroatoms. The Morgan fingerprint density at radius 1 is 1.17 bits per heavy atom. The Balaban J connectivity index is 1.82. The first-order valence-electron chi connectivity index (χ1n) is 7.25. The Bertz CT molecular complexity index is 817. The first-order valence-corrected chi connectivity index (χ1v) is 8.04. The van der Waals surface area contributed by atoms with Gasteiger partial charge in [0, 0.05) is 33.9 Å². The van der Waals surface area contributed by atoms with Crippen molar-refractivity contribution in [3.63, 3.8) is 0 Å². The predicted molar refractivity (Wildman–Crippen MR) is 90.7 cm³/mol. The van der Waals surface area contributed by atoms with E-state index in [0.29, 0.717) is 23.8 Å². The van der Waals surface area contributed by atoms with Gasteiger partial charge in [0.15, 0.2) is 0 Å². The van der Waals surface area contributed by atoms with Gasteiger partial charge >= 0.3 is 0 Å². The number of hydrogen-bond donors (Lipinski definition) is 1. The zero-order valence-electron chi connectivity index (χ0n) is 12.3. The maximum atomic E-state index is 13.5. The molecule has 0 aliphatic heterocycles. The largest absolute Gasteiger partial charge is 0.464 e. The molecule has 2 aromatic carbocycles. The lowest BCUT2D eigenvalue weighted by Crippen LogP contribution is -2.18. The Kier molecular flexibility index (Phi) is 4.76. The van der Waals surface area contributed by atoms with Crippen LogP contribution in [0.15, 0.2) is 53.0 Å². The summed E-state index contributed by atoms with van der Waals surface area (Å²) in [6, 6.07) is 14.7. The van der Waals surface area contributed by atoms with Gasteiger partial charge < -0.3 is 9.72 Å². The molecule has 0 fully saturated rings. The van der Waals surface area contributed by atoms with E-state index in [0.717, 1.165) is 22.2 Å². The number of halogens is 2. The first-order chi connectivity index (χ1) is 11.2. The summed E-state index contributed by atoms with van der Waals surface area (Å²) in [5, 5.41) is 0.908. The number of ether oxygens (including phenoxy) is 1. The summed E-state index contributed by atoms with van der Waals surface area (Å²) in [6.45, 7) is 0.478. The van der Waals surface area contributed by atoms with Crippen molar-refractivity contribution in [2.45, 2.75) is 18.9 Å². The zero-order valence-corrected chi connectivity index (χ0v) is 13.8. The molecule has 0 aliphatic carbocycles. The van der Waals surface area contributed by atoms with E-state index in [1.807, 2.05) is 36.4 Å². The van der Waals surface area contributed by atoms with Gasteiger partial charge in [-0.1, -0.05) is 30.3 Å². The third kappa shape index (κ3) is 3.79. The summed E-state index contributed by atoms with van der Waals surface area (Å²) in [4.78, 5) is 14.0. The lowest BCUT2D eigenvalue weighted by molar-refractivity contribution is -0.133. The Labute approximate surface area is 141 Å². The van der Waals surface area contributed by atoms with Gasteiger partial charge in [0.1, 0.15) is 11.9 Å². The van der Waals surface area contributed by atoms with E-state index in [1.165, 1.54) is 12.1 Å². The van der Waals surface area contributed by atoms with Gasteiger partial charge in [0.25, 0.3) is 6.47 Å². The van der Waals surface area contributed by atoms with Gasteiger partial charge in [0.2, 0.25) is 0 Å². The molecule has 0 aliphatic rings. The molecule has 0 saturated heterocycles. The Morgan fingerprint density at radius 3 is 2.70 bits per heavy atom. The molecule has 3 rings (SSSR count). The molecule has 0 amide bonds.